The molecule has 2 aromatic rings. The van der Waals surface area contributed by atoms with Crippen molar-refractivity contribution in [2.24, 2.45) is 5.84 Å². The molecule has 0 radical (unpaired) electrons. The monoisotopic (exact) mass is 412 g/mol. The van der Waals surface area contributed by atoms with Crippen LogP contribution in [-0.2, 0) is 6.42 Å². The lowest BCUT2D eigenvalue weighted by molar-refractivity contribution is 0.102. The van der Waals surface area contributed by atoms with Gasteiger partial charge in [0.25, 0.3) is 5.91 Å². The average molecular weight is 414 g/mol. The maximum absolute atomic E-state index is 12.4. The number of nitrogens with one attached hydrogen (secondary N) is 2. The van der Waals surface area contributed by atoms with Gasteiger partial charge in [0.2, 0.25) is 0 Å². The number of nitrogens with two attached hydrogens (primary N) is 1. The minimum Gasteiger partial charge on any atom is -0.321 e. The number of amides is 1. The number of aryl methyl sites for hydroxylation is 1. The quantitative estimate of drug-likeness (QED) is 0.527. The number of nitrogen functional groups attached to an aromatic ring is 1. The molecule has 0 unspecified atom stereocenters. The van der Waals surface area contributed by atoms with Crippen LogP contribution in [0.1, 0.15) is 23.0 Å². The van der Waals surface area contributed by atoms with E-state index in [0.29, 0.717) is 17.1 Å². The molecule has 1 heterocycles. The van der Waals surface area contributed by atoms with Crippen molar-refractivity contribution < 1.29 is 4.79 Å². The summed E-state index contributed by atoms with van der Waals surface area (Å²) in [7, 11) is 0. The molecule has 1 aromatic heterocycles. The highest BCUT2D eigenvalue weighted by molar-refractivity contribution is 9.11. The van der Waals surface area contributed by atoms with Crippen molar-refractivity contribution in [3.8, 4) is 0 Å². The Balaban J connectivity index is 2.29. The summed E-state index contributed by atoms with van der Waals surface area (Å²) >= 11 is 6.79. The number of hydrogen-bond acceptors (Lipinski definition) is 4. The number of rotatable bonds is 4. The third-order valence-corrected chi connectivity index (χ3v) is 4.01. The van der Waals surface area contributed by atoms with Crippen LogP contribution in [-0.4, -0.2) is 10.9 Å². The van der Waals surface area contributed by atoms with Gasteiger partial charge >= 0.3 is 0 Å². The Hall–Kier alpha value is -1.44. The maximum Gasteiger partial charge on any atom is 0.255 e. The second kappa shape index (κ2) is 7.02. The number of anilines is 2. The van der Waals surface area contributed by atoms with E-state index in [1.165, 1.54) is 0 Å². The van der Waals surface area contributed by atoms with Crippen LogP contribution in [0.15, 0.2) is 39.3 Å². The highest BCUT2D eigenvalue weighted by Gasteiger charge is 2.11. The number of pyridine rings is 1. The molecule has 0 fully saturated rings. The molecule has 1 aromatic carbocycles. The highest BCUT2D eigenvalue weighted by Crippen LogP contribution is 2.26. The molecule has 0 atom stereocenters. The van der Waals surface area contributed by atoms with Gasteiger partial charge in [-0.05, 0) is 52.7 Å². The Morgan fingerprint density at radius 2 is 2.05 bits per heavy atom. The van der Waals surface area contributed by atoms with Crippen LogP contribution in [0.2, 0.25) is 0 Å². The third kappa shape index (κ3) is 4.03. The first kappa shape index (κ1) is 15.9. The summed E-state index contributed by atoms with van der Waals surface area (Å²) in [6.45, 7) is 1.97. The molecule has 2 rings (SSSR count). The third-order valence-electron chi connectivity index (χ3n) is 2.83. The van der Waals surface area contributed by atoms with Gasteiger partial charge in [-0.2, -0.15) is 0 Å². The standard InChI is InChI=1S/C14H14Br2N4O/c1-2-10-5-8(6-13(18-10)20-17)14(21)19-12-7-9(15)3-4-11(12)16/h3-7H,2,17H2,1H3,(H,18,20)(H,19,21). The number of nitrogens with zero attached hydrogens (tertiary/aromatic N) is 1. The van der Waals surface area contributed by atoms with E-state index < -0.39 is 0 Å². The lowest BCUT2D eigenvalue weighted by Crippen LogP contribution is -2.15. The fraction of sp³-hybridized carbons (Fsp3) is 0.143. The van der Waals surface area contributed by atoms with E-state index >= 15 is 0 Å². The van der Waals surface area contributed by atoms with Crippen molar-refractivity contribution in [3.63, 3.8) is 0 Å². The van der Waals surface area contributed by atoms with Crippen molar-refractivity contribution in [2.75, 3.05) is 10.7 Å². The van der Waals surface area contributed by atoms with E-state index in [-0.39, 0.29) is 5.91 Å². The van der Waals surface area contributed by atoms with E-state index in [4.69, 9.17) is 5.84 Å². The molecule has 0 saturated heterocycles. The molecule has 1 amide bonds. The van der Waals surface area contributed by atoms with Gasteiger partial charge in [0, 0.05) is 20.2 Å². The van der Waals surface area contributed by atoms with E-state index in [9.17, 15) is 4.79 Å². The van der Waals surface area contributed by atoms with Crippen LogP contribution in [0.25, 0.3) is 0 Å². The molecule has 0 saturated carbocycles. The zero-order valence-electron chi connectivity index (χ0n) is 11.3. The van der Waals surface area contributed by atoms with E-state index in [1.54, 1.807) is 12.1 Å². The van der Waals surface area contributed by atoms with Gasteiger partial charge in [-0.1, -0.05) is 22.9 Å². The van der Waals surface area contributed by atoms with Gasteiger partial charge in [0.15, 0.2) is 0 Å². The first-order valence-electron chi connectivity index (χ1n) is 6.27. The number of benzene rings is 1. The minimum atomic E-state index is -0.220. The van der Waals surface area contributed by atoms with Crippen molar-refractivity contribution in [2.45, 2.75) is 13.3 Å². The summed E-state index contributed by atoms with van der Waals surface area (Å²) in [6, 6.07) is 8.93. The molecule has 7 heteroatoms. The average Bonchev–Trinajstić information content (AvgIpc) is 2.50. The van der Waals surface area contributed by atoms with Gasteiger partial charge in [0.1, 0.15) is 5.82 Å². The van der Waals surface area contributed by atoms with E-state index in [1.807, 2.05) is 25.1 Å². The number of carbonyl (C=O) groups excluding carboxylic acids is 1. The number of hydrogen-bond donors (Lipinski definition) is 3. The van der Waals surface area contributed by atoms with Gasteiger partial charge in [0.05, 0.1) is 5.69 Å². The predicted molar refractivity (Wildman–Crippen MR) is 91.2 cm³/mol. The SMILES string of the molecule is CCc1cc(C(=O)Nc2cc(Br)ccc2Br)cc(NN)n1. The zero-order chi connectivity index (χ0) is 15.4. The molecular formula is C14H14Br2N4O. The smallest absolute Gasteiger partial charge is 0.255 e. The molecule has 0 aliphatic carbocycles. The summed E-state index contributed by atoms with van der Waals surface area (Å²) in [6.07, 6.45) is 0.719. The largest absolute Gasteiger partial charge is 0.321 e. The molecule has 21 heavy (non-hydrogen) atoms. The van der Waals surface area contributed by atoms with E-state index in [0.717, 1.165) is 21.1 Å². The van der Waals surface area contributed by atoms with Crippen molar-refractivity contribution in [1.29, 1.82) is 0 Å². The van der Waals surface area contributed by atoms with Gasteiger partial charge in [-0.25, -0.2) is 10.8 Å². The first-order valence-corrected chi connectivity index (χ1v) is 7.86. The summed E-state index contributed by atoms with van der Waals surface area (Å²) in [5, 5.41) is 2.86. The van der Waals surface area contributed by atoms with Crippen molar-refractivity contribution in [1.82, 2.24) is 4.98 Å². The lowest BCUT2D eigenvalue weighted by Gasteiger charge is -2.10. The molecule has 4 N–H and O–H groups in total. The topological polar surface area (TPSA) is 80.0 Å². The highest BCUT2D eigenvalue weighted by atomic mass is 79.9. The number of carbonyl (C=O) groups is 1. The van der Waals surface area contributed by atoms with Crippen LogP contribution < -0.4 is 16.6 Å². The maximum atomic E-state index is 12.4. The molecule has 0 bridgehead atoms. The fourth-order valence-electron chi connectivity index (χ4n) is 1.76. The molecule has 0 spiro atoms. The normalized spacial score (nSPS) is 10.3. The molecule has 0 aliphatic rings. The zero-order valence-corrected chi connectivity index (χ0v) is 14.5. The van der Waals surface area contributed by atoms with Gasteiger partial charge < -0.3 is 10.7 Å². The summed E-state index contributed by atoms with van der Waals surface area (Å²) in [5.41, 5.74) is 4.46. The Morgan fingerprint density at radius 3 is 2.71 bits per heavy atom. The summed E-state index contributed by atoms with van der Waals surface area (Å²) in [5.74, 6) is 5.63. The summed E-state index contributed by atoms with van der Waals surface area (Å²) in [4.78, 5) is 16.6. The molecule has 5 nitrogen and oxygen atoms in total. The predicted octanol–water partition coefficient (Wildman–Crippen LogP) is 3.71. The van der Waals surface area contributed by atoms with Crippen LogP contribution in [0, 0.1) is 0 Å². The van der Waals surface area contributed by atoms with Crippen LogP contribution in [0.3, 0.4) is 0 Å². The van der Waals surface area contributed by atoms with E-state index in [2.05, 4.69) is 47.6 Å². The second-order valence-electron chi connectivity index (χ2n) is 4.31. The molecular weight excluding hydrogens is 400 g/mol. The Labute approximate surface area is 139 Å². The Kier molecular flexibility index (Phi) is 5.33. The number of hydrazine groups is 1. The second-order valence-corrected chi connectivity index (χ2v) is 6.08. The van der Waals surface area contributed by atoms with Crippen molar-refractivity contribution >= 4 is 49.3 Å². The van der Waals surface area contributed by atoms with Gasteiger partial charge in [-0.15, -0.1) is 0 Å². The molecule has 0 aliphatic heterocycles. The van der Waals surface area contributed by atoms with Crippen LogP contribution in [0.4, 0.5) is 11.5 Å². The van der Waals surface area contributed by atoms with Crippen molar-refractivity contribution in [3.05, 3.63) is 50.5 Å². The minimum absolute atomic E-state index is 0.220. The summed E-state index contributed by atoms with van der Waals surface area (Å²) < 4.78 is 1.69. The van der Waals surface area contributed by atoms with Crippen LogP contribution >= 0.6 is 31.9 Å². The fourth-order valence-corrected chi connectivity index (χ4v) is 2.47. The van der Waals surface area contributed by atoms with Gasteiger partial charge in [-0.3, -0.25) is 4.79 Å². The molecule has 110 valence electrons. The van der Waals surface area contributed by atoms with Crippen LogP contribution in [0.5, 0.6) is 0 Å². The number of aromatic nitrogens is 1. The Bertz CT molecular complexity index is 654. The first-order chi connectivity index (χ1) is 10.0. The number of halogens is 2. The lowest BCUT2D eigenvalue weighted by atomic mass is 10.1. The Morgan fingerprint density at radius 1 is 1.29 bits per heavy atom.